The third-order valence-corrected chi connectivity index (χ3v) is 6.93. The number of pyridine rings is 1. The van der Waals surface area contributed by atoms with Crippen LogP contribution in [0.25, 0.3) is 22.4 Å². The topological polar surface area (TPSA) is 93.5 Å². The summed E-state index contributed by atoms with van der Waals surface area (Å²) in [4.78, 5) is 18.0. The number of amides is 1. The number of aromatic nitrogens is 1. The number of hydrogen-bond donors (Lipinski definition) is 1. The van der Waals surface area contributed by atoms with Crippen molar-refractivity contribution in [1.29, 1.82) is 5.26 Å². The Morgan fingerprint density at radius 2 is 1.50 bits per heavy atom. The molecule has 1 N–H and O–H groups in total. The molecule has 3 aromatic carbocycles. The lowest BCUT2D eigenvalue weighted by atomic mass is 9.99. The van der Waals surface area contributed by atoms with E-state index in [0.29, 0.717) is 33.5 Å². The molecule has 0 aliphatic carbocycles. The lowest BCUT2D eigenvalue weighted by Crippen LogP contribution is -2.22. The molecule has 0 fully saturated rings. The number of benzene rings is 3. The zero-order valence-electron chi connectivity index (χ0n) is 21.5. The molecule has 1 atom stereocenters. The molecule has 8 heteroatoms. The fourth-order valence-electron chi connectivity index (χ4n) is 3.81. The second-order valence-corrected chi connectivity index (χ2v) is 9.62. The van der Waals surface area contributed by atoms with E-state index in [0.717, 1.165) is 22.4 Å². The van der Waals surface area contributed by atoms with E-state index >= 15 is 0 Å². The van der Waals surface area contributed by atoms with Crippen molar-refractivity contribution in [2.45, 2.75) is 17.2 Å². The monoisotopic (exact) mass is 525 g/mol. The van der Waals surface area contributed by atoms with Crippen molar-refractivity contribution in [3.05, 3.63) is 84.4 Å². The number of carbonyl (C=O) groups excluding carboxylic acids is 1. The first-order valence-corrected chi connectivity index (χ1v) is 12.7. The molecule has 0 saturated heterocycles. The Hall–Kier alpha value is -4.48. The van der Waals surface area contributed by atoms with Crippen LogP contribution in [-0.4, -0.2) is 37.5 Å². The highest BCUT2D eigenvalue weighted by molar-refractivity contribution is 8.00. The van der Waals surface area contributed by atoms with Crippen LogP contribution in [0.3, 0.4) is 0 Å². The third kappa shape index (κ3) is 6.07. The molecule has 0 radical (unpaired) electrons. The van der Waals surface area contributed by atoms with Crippen LogP contribution in [0.4, 0.5) is 5.69 Å². The van der Waals surface area contributed by atoms with Gasteiger partial charge in [0.25, 0.3) is 0 Å². The number of nitrogens with one attached hydrogen (secondary N) is 1. The van der Waals surface area contributed by atoms with Crippen molar-refractivity contribution in [3.8, 4) is 45.7 Å². The highest BCUT2D eigenvalue weighted by atomic mass is 32.2. The summed E-state index contributed by atoms with van der Waals surface area (Å²) in [5.41, 5.74) is 4.16. The molecule has 1 unspecified atom stereocenters. The third-order valence-electron chi connectivity index (χ3n) is 5.85. The molecular weight excluding hydrogens is 498 g/mol. The summed E-state index contributed by atoms with van der Waals surface area (Å²) in [7, 11) is 4.71. The average molecular weight is 526 g/mol. The predicted molar refractivity (Wildman–Crippen MR) is 150 cm³/mol. The molecule has 0 saturated carbocycles. The maximum atomic E-state index is 13.2. The fraction of sp³-hybridized carbons (Fsp3) is 0.167. The van der Waals surface area contributed by atoms with Crippen molar-refractivity contribution in [2.24, 2.45) is 0 Å². The van der Waals surface area contributed by atoms with Gasteiger partial charge in [0.05, 0.1) is 37.8 Å². The van der Waals surface area contributed by atoms with Gasteiger partial charge in [-0.2, -0.15) is 5.26 Å². The lowest BCUT2D eigenvalue weighted by Gasteiger charge is -2.16. The minimum Gasteiger partial charge on any atom is -0.497 e. The minimum atomic E-state index is -0.554. The highest BCUT2D eigenvalue weighted by Gasteiger charge is 2.22. The van der Waals surface area contributed by atoms with Crippen molar-refractivity contribution in [3.63, 3.8) is 0 Å². The predicted octanol–water partition coefficient (Wildman–Crippen LogP) is 6.43. The van der Waals surface area contributed by atoms with Crippen molar-refractivity contribution >= 4 is 23.4 Å². The first-order chi connectivity index (χ1) is 18.4. The fourth-order valence-corrected chi connectivity index (χ4v) is 4.74. The molecule has 7 nitrogen and oxygen atoms in total. The van der Waals surface area contributed by atoms with Gasteiger partial charge in [-0.3, -0.25) is 4.79 Å². The number of nitriles is 1. The van der Waals surface area contributed by atoms with Gasteiger partial charge in [0, 0.05) is 35.0 Å². The molecule has 4 rings (SSSR count). The van der Waals surface area contributed by atoms with E-state index in [9.17, 15) is 10.1 Å². The van der Waals surface area contributed by atoms with E-state index in [1.165, 1.54) is 11.8 Å². The quantitative estimate of drug-likeness (QED) is 0.252. The Kier molecular flexibility index (Phi) is 8.51. The molecule has 1 aromatic heterocycles. The van der Waals surface area contributed by atoms with Gasteiger partial charge in [0.1, 0.15) is 28.3 Å². The van der Waals surface area contributed by atoms with Gasteiger partial charge < -0.3 is 19.5 Å². The van der Waals surface area contributed by atoms with E-state index in [1.54, 1.807) is 46.5 Å². The molecule has 0 aliphatic heterocycles. The van der Waals surface area contributed by atoms with E-state index < -0.39 is 5.25 Å². The number of nitrogens with zero attached hydrogens (tertiary/aromatic N) is 2. The summed E-state index contributed by atoms with van der Waals surface area (Å²) < 4.78 is 15.9. The second kappa shape index (κ2) is 12.2. The normalized spacial score (nSPS) is 11.2. The number of hydrogen-bond acceptors (Lipinski definition) is 7. The van der Waals surface area contributed by atoms with Crippen LogP contribution in [0.2, 0.25) is 0 Å². The zero-order valence-corrected chi connectivity index (χ0v) is 22.3. The van der Waals surface area contributed by atoms with Crippen LogP contribution in [0, 0.1) is 11.3 Å². The summed E-state index contributed by atoms with van der Waals surface area (Å²) in [6, 6.07) is 26.6. The molecular formula is C30H27N3O4S. The Morgan fingerprint density at radius 3 is 2.08 bits per heavy atom. The van der Waals surface area contributed by atoms with Gasteiger partial charge in [-0.1, -0.05) is 54.2 Å². The number of thioether (sulfide) groups is 1. The molecule has 0 spiro atoms. The Labute approximate surface area is 226 Å². The Bertz CT molecular complexity index is 1450. The maximum absolute atomic E-state index is 13.2. The van der Waals surface area contributed by atoms with E-state index in [-0.39, 0.29) is 5.91 Å². The van der Waals surface area contributed by atoms with Crippen molar-refractivity contribution in [2.75, 3.05) is 26.6 Å². The standard InChI is InChI=1S/C30H27N3O4S/c1-19(29(34)32-22-14-24(36-3)16-25(15-22)37-4)38-30-27(18-31)26(20-10-12-23(35-2)13-11-20)17-28(33-30)21-8-6-5-7-9-21/h5-17,19H,1-4H3,(H,32,34). The number of anilines is 1. The molecule has 1 heterocycles. The van der Waals surface area contributed by atoms with Crippen molar-refractivity contribution < 1.29 is 19.0 Å². The number of carbonyl (C=O) groups is 1. The second-order valence-electron chi connectivity index (χ2n) is 8.29. The summed E-state index contributed by atoms with van der Waals surface area (Å²) >= 11 is 1.23. The van der Waals surface area contributed by atoms with Gasteiger partial charge >= 0.3 is 0 Å². The first kappa shape index (κ1) is 26.6. The van der Waals surface area contributed by atoms with Crippen LogP contribution in [0.5, 0.6) is 17.2 Å². The summed E-state index contributed by atoms with van der Waals surface area (Å²) in [5, 5.41) is 13.0. The largest absolute Gasteiger partial charge is 0.497 e. The van der Waals surface area contributed by atoms with Gasteiger partial charge in [-0.05, 0) is 30.7 Å². The van der Waals surface area contributed by atoms with Crippen LogP contribution < -0.4 is 19.5 Å². The summed E-state index contributed by atoms with van der Waals surface area (Å²) in [6.07, 6.45) is 0. The van der Waals surface area contributed by atoms with Gasteiger partial charge in [0.2, 0.25) is 5.91 Å². The van der Waals surface area contributed by atoms with Crippen LogP contribution in [0.1, 0.15) is 12.5 Å². The Balaban J connectivity index is 1.70. The lowest BCUT2D eigenvalue weighted by molar-refractivity contribution is -0.115. The van der Waals surface area contributed by atoms with E-state index in [4.69, 9.17) is 19.2 Å². The first-order valence-electron chi connectivity index (χ1n) is 11.8. The van der Waals surface area contributed by atoms with Crippen LogP contribution >= 0.6 is 11.8 Å². The number of rotatable bonds is 9. The summed E-state index contributed by atoms with van der Waals surface area (Å²) in [6.45, 7) is 1.78. The van der Waals surface area contributed by atoms with E-state index in [2.05, 4.69) is 11.4 Å². The van der Waals surface area contributed by atoms with E-state index in [1.807, 2.05) is 60.7 Å². The average Bonchev–Trinajstić information content (AvgIpc) is 2.96. The highest BCUT2D eigenvalue weighted by Crippen LogP contribution is 2.36. The molecule has 1 amide bonds. The molecule has 192 valence electrons. The summed E-state index contributed by atoms with van der Waals surface area (Å²) in [5.74, 6) is 1.60. The maximum Gasteiger partial charge on any atom is 0.237 e. The molecule has 38 heavy (non-hydrogen) atoms. The van der Waals surface area contributed by atoms with Gasteiger partial charge in [-0.25, -0.2) is 4.98 Å². The number of methoxy groups -OCH3 is 3. The van der Waals surface area contributed by atoms with Gasteiger partial charge in [-0.15, -0.1) is 0 Å². The molecule has 0 aliphatic rings. The van der Waals surface area contributed by atoms with Crippen LogP contribution in [0.15, 0.2) is 83.9 Å². The molecule has 4 aromatic rings. The van der Waals surface area contributed by atoms with Crippen molar-refractivity contribution in [1.82, 2.24) is 4.98 Å². The van der Waals surface area contributed by atoms with Crippen LogP contribution in [-0.2, 0) is 4.79 Å². The van der Waals surface area contributed by atoms with Gasteiger partial charge in [0.15, 0.2) is 0 Å². The molecule has 0 bridgehead atoms. The number of ether oxygens (including phenoxy) is 3. The smallest absolute Gasteiger partial charge is 0.237 e. The Morgan fingerprint density at radius 1 is 0.868 bits per heavy atom. The minimum absolute atomic E-state index is 0.243. The SMILES string of the molecule is COc1ccc(-c2cc(-c3ccccc3)nc(SC(C)C(=O)Nc3cc(OC)cc(OC)c3)c2C#N)cc1. The zero-order chi connectivity index (χ0) is 27.1.